The van der Waals surface area contributed by atoms with E-state index in [4.69, 9.17) is 14.6 Å². The number of aliphatic carboxylic acids is 1. The highest BCUT2D eigenvalue weighted by Gasteiger charge is 2.09. The Hall–Kier alpha value is -2.37. The van der Waals surface area contributed by atoms with Gasteiger partial charge >= 0.3 is 5.97 Å². The number of aryl methyl sites for hydroxylation is 2. The molecule has 6 heteroatoms. The van der Waals surface area contributed by atoms with Gasteiger partial charge in [0.25, 0.3) is 0 Å². The standard InChI is InChI=1S/C12H12N2O4/c15-9-4-1-8(2-5-9)3-6-10-13-14-11(18-10)7-12(16)17/h1-2,4-5,15H,3,6-7H2,(H,16,17). The molecule has 0 saturated carbocycles. The average Bonchev–Trinajstić information content (AvgIpc) is 2.75. The smallest absolute Gasteiger partial charge is 0.312 e. The molecule has 0 radical (unpaired) electrons. The lowest BCUT2D eigenvalue weighted by molar-refractivity contribution is -0.136. The van der Waals surface area contributed by atoms with Gasteiger partial charge in [-0.3, -0.25) is 4.79 Å². The van der Waals surface area contributed by atoms with Gasteiger partial charge in [-0.25, -0.2) is 0 Å². The van der Waals surface area contributed by atoms with Crippen molar-refractivity contribution < 1.29 is 19.4 Å². The van der Waals surface area contributed by atoms with Crippen molar-refractivity contribution in [2.75, 3.05) is 0 Å². The third kappa shape index (κ3) is 3.31. The minimum atomic E-state index is -0.997. The lowest BCUT2D eigenvalue weighted by atomic mass is 10.1. The van der Waals surface area contributed by atoms with Crippen LogP contribution in [0.15, 0.2) is 28.7 Å². The fourth-order valence-corrected chi connectivity index (χ4v) is 1.50. The molecule has 0 atom stereocenters. The second-order valence-electron chi connectivity index (χ2n) is 3.83. The van der Waals surface area contributed by atoms with Gasteiger partial charge < -0.3 is 14.6 Å². The number of nitrogens with zero attached hydrogens (tertiary/aromatic N) is 2. The highest BCUT2D eigenvalue weighted by molar-refractivity contribution is 5.68. The Labute approximate surface area is 103 Å². The van der Waals surface area contributed by atoms with Gasteiger partial charge in [-0.2, -0.15) is 0 Å². The van der Waals surface area contributed by atoms with Crippen LogP contribution in [0.25, 0.3) is 0 Å². The largest absolute Gasteiger partial charge is 0.508 e. The minimum absolute atomic E-state index is 0.114. The van der Waals surface area contributed by atoms with E-state index >= 15 is 0 Å². The van der Waals surface area contributed by atoms with Crippen LogP contribution in [0.3, 0.4) is 0 Å². The molecule has 2 aromatic rings. The van der Waals surface area contributed by atoms with Crippen molar-refractivity contribution in [3.63, 3.8) is 0 Å². The van der Waals surface area contributed by atoms with E-state index < -0.39 is 5.97 Å². The summed E-state index contributed by atoms with van der Waals surface area (Å²) in [5.74, 6) is -0.244. The molecule has 6 nitrogen and oxygen atoms in total. The lowest BCUT2D eigenvalue weighted by Gasteiger charge is -1.98. The number of carboxylic acids is 1. The zero-order chi connectivity index (χ0) is 13.0. The normalized spacial score (nSPS) is 10.4. The quantitative estimate of drug-likeness (QED) is 0.824. The van der Waals surface area contributed by atoms with Crippen LogP contribution in [-0.2, 0) is 24.1 Å². The molecule has 18 heavy (non-hydrogen) atoms. The summed E-state index contributed by atoms with van der Waals surface area (Å²) in [7, 11) is 0. The molecule has 0 aliphatic carbocycles. The van der Waals surface area contributed by atoms with Crippen molar-refractivity contribution in [3.8, 4) is 5.75 Å². The van der Waals surface area contributed by atoms with Crippen LogP contribution < -0.4 is 0 Å². The molecule has 0 spiro atoms. The number of phenols is 1. The van der Waals surface area contributed by atoms with Gasteiger partial charge in [0.15, 0.2) is 0 Å². The highest BCUT2D eigenvalue weighted by Crippen LogP contribution is 2.12. The number of carboxylic acid groups (broad SMARTS) is 1. The molecule has 0 fully saturated rings. The summed E-state index contributed by atoms with van der Waals surface area (Å²) in [4.78, 5) is 10.4. The van der Waals surface area contributed by atoms with E-state index in [2.05, 4.69) is 10.2 Å². The molecule has 0 aliphatic rings. The summed E-state index contributed by atoms with van der Waals surface area (Å²) < 4.78 is 5.19. The number of aromatic hydroxyl groups is 1. The van der Waals surface area contributed by atoms with Crippen LogP contribution in [0.4, 0.5) is 0 Å². The van der Waals surface area contributed by atoms with Gasteiger partial charge in [-0.1, -0.05) is 12.1 Å². The molecule has 1 aromatic carbocycles. The Kier molecular flexibility index (Phi) is 3.57. The zero-order valence-corrected chi connectivity index (χ0v) is 9.54. The average molecular weight is 248 g/mol. The Morgan fingerprint density at radius 1 is 1.11 bits per heavy atom. The van der Waals surface area contributed by atoms with Crippen LogP contribution in [-0.4, -0.2) is 26.4 Å². The molecule has 0 aliphatic heterocycles. The molecular formula is C12H12N2O4. The maximum atomic E-state index is 10.4. The molecule has 1 aromatic heterocycles. The van der Waals surface area contributed by atoms with Crippen molar-refractivity contribution in [1.29, 1.82) is 0 Å². The van der Waals surface area contributed by atoms with Crippen LogP contribution in [0.2, 0.25) is 0 Å². The van der Waals surface area contributed by atoms with Crippen LogP contribution in [0.1, 0.15) is 17.3 Å². The number of hydrogen-bond donors (Lipinski definition) is 2. The van der Waals surface area contributed by atoms with Gasteiger partial charge in [-0.15, -0.1) is 10.2 Å². The first-order valence-electron chi connectivity index (χ1n) is 5.44. The molecule has 2 N–H and O–H groups in total. The van der Waals surface area contributed by atoms with E-state index in [1.165, 1.54) is 0 Å². The first-order valence-corrected chi connectivity index (χ1v) is 5.44. The van der Waals surface area contributed by atoms with Crippen LogP contribution in [0.5, 0.6) is 5.75 Å². The molecule has 0 unspecified atom stereocenters. The van der Waals surface area contributed by atoms with Gasteiger partial charge in [0, 0.05) is 6.42 Å². The Morgan fingerprint density at radius 2 is 1.78 bits per heavy atom. The van der Waals surface area contributed by atoms with Gasteiger partial charge in [0.2, 0.25) is 11.8 Å². The second-order valence-corrected chi connectivity index (χ2v) is 3.83. The molecule has 94 valence electrons. The van der Waals surface area contributed by atoms with Crippen LogP contribution >= 0.6 is 0 Å². The van der Waals surface area contributed by atoms with E-state index in [1.807, 2.05) is 12.1 Å². The van der Waals surface area contributed by atoms with Gasteiger partial charge in [-0.05, 0) is 24.1 Å². The summed E-state index contributed by atoms with van der Waals surface area (Å²) in [6.07, 6.45) is 0.971. The number of rotatable bonds is 5. The Balaban J connectivity index is 1.92. The van der Waals surface area contributed by atoms with E-state index in [9.17, 15) is 4.79 Å². The fraction of sp³-hybridized carbons (Fsp3) is 0.250. The maximum Gasteiger partial charge on any atom is 0.312 e. The Morgan fingerprint density at radius 3 is 2.44 bits per heavy atom. The lowest BCUT2D eigenvalue weighted by Crippen LogP contribution is -1.99. The van der Waals surface area contributed by atoms with E-state index in [1.54, 1.807) is 12.1 Å². The van der Waals surface area contributed by atoms with Gasteiger partial charge in [0.05, 0.1) is 0 Å². The summed E-state index contributed by atoms with van der Waals surface area (Å²) in [6.45, 7) is 0. The summed E-state index contributed by atoms with van der Waals surface area (Å²) in [5.41, 5.74) is 1.03. The molecule has 0 bridgehead atoms. The third-order valence-electron chi connectivity index (χ3n) is 2.38. The molecule has 0 amide bonds. The maximum absolute atomic E-state index is 10.4. The van der Waals surface area contributed by atoms with Gasteiger partial charge in [0.1, 0.15) is 12.2 Å². The van der Waals surface area contributed by atoms with Crippen LogP contribution in [0, 0.1) is 0 Å². The number of benzene rings is 1. The predicted octanol–water partition coefficient (Wildman–Crippen LogP) is 1.19. The highest BCUT2D eigenvalue weighted by atomic mass is 16.4. The Bertz CT molecular complexity index is 533. The topological polar surface area (TPSA) is 96.5 Å². The number of hydrogen-bond acceptors (Lipinski definition) is 5. The molecule has 2 rings (SSSR count). The fourth-order valence-electron chi connectivity index (χ4n) is 1.50. The first kappa shape index (κ1) is 12.1. The number of phenolic OH excluding ortho intramolecular Hbond substituents is 1. The zero-order valence-electron chi connectivity index (χ0n) is 9.54. The van der Waals surface area contributed by atoms with Crippen molar-refractivity contribution in [1.82, 2.24) is 10.2 Å². The minimum Gasteiger partial charge on any atom is -0.508 e. The number of carbonyl (C=O) groups is 1. The summed E-state index contributed by atoms with van der Waals surface area (Å²) >= 11 is 0. The van der Waals surface area contributed by atoms with E-state index in [-0.39, 0.29) is 18.1 Å². The van der Waals surface area contributed by atoms with E-state index in [0.717, 1.165) is 5.56 Å². The van der Waals surface area contributed by atoms with E-state index in [0.29, 0.717) is 18.7 Å². The SMILES string of the molecule is O=C(O)Cc1nnc(CCc2ccc(O)cc2)o1. The second kappa shape index (κ2) is 5.31. The van der Waals surface area contributed by atoms with Crippen molar-refractivity contribution in [2.45, 2.75) is 19.3 Å². The molecule has 1 heterocycles. The monoisotopic (exact) mass is 248 g/mol. The summed E-state index contributed by atoms with van der Waals surface area (Å²) in [5, 5.41) is 25.1. The molecule has 0 saturated heterocycles. The number of aromatic nitrogens is 2. The molecular weight excluding hydrogens is 236 g/mol. The summed E-state index contributed by atoms with van der Waals surface area (Å²) in [6, 6.07) is 6.84. The van der Waals surface area contributed by atoms with Crippen molar-refractivity contribution >= 4 is 5.97 Å². The first-order chi connectivity index (χ1) is 8.63. The van der Waals surface area contributed by atoms with Crippen molar-refractivity contribution in [2.24, 2.45) is 0 Å². The predicted molar refractivity (Wildman–Crippen MR) is 61.2 cm³/mol. The third-order valence-corrected chi connectivity index (χ3v) is 2.38. The van der Waals surface area contributed by atoms with Crippen molar-refractivity contribution in [3.05, 3.63) is 41.6 Å².